The summed E-state index contributed by atoms with van der Waals surface area (Å²) in [4.78, 5) is 10.9. The fourth-order valence-electron chi connectivity index (χ4n) is 1.22. The van der Waals surface area contributed by atoms with Gasteiger partial charge in [-0.25, -0.2) is 4.39 Å². The third-order valence-corrected chi connectivity index (χ3v) is 1.92. The van der Waals surface area contributed by atoms with Gasteiger partial charge in [0.05, 0.1) is 0 Å². The molecule has 0 unspecified atom stereocenters. The van der Waals surface area contributed by atoms with Crippen LogP contribution in [0.15, 0.2) is 12.1 Å². The molecule has 0 bridgehead atoms. The monoisotopic (exact) mass is 241 g/mol. The number of ether oxygens (including phenoxy) is 1. The number of carbonyl (C=O) groups excluding carboxylic acids is 1. The van der Waals surface area contributed by atoms with E-state index >= 15 is 0 Å². The lowest BCUT2D eigenvalue weighted by Crippen LogP contribution is -2.26. The highest BCUT2D eigenvalue weighted by Gasteiger charge is 2.20. The van der Waals surface area contributed by atoms with Crippen LogP contribution in [0.3, 0.4) is 0 Å². The first kappa shape index (κ1) is 15.4. The molecular formula is C13H20FNO2. The third-order valence-electron chi connectivity index (χ3n) is 1.92. The fraction of sp³-hybridized carbons (Fsp3) is 0.462. The van der Waals surface area contributed by atoms with Crippen LogP contribution in [-0.4, -0.2) is 12.5 Å². The SMILES string of the molecule is CC.CC.Cc1ccc2c(c1F)NC(=O)CO2. The Morgan fingerprint density at radius 1 is 1.24 bits per heavy atom. The molecule has 0 aliphatic carbocycles. The van der Waals surface area contributed by atoms with Gasteiger partial charge in [0.15, 0.2) is 12.4 Å². The van der Waals surface area contributed by atoms with Gasteiger partial charge in [-0.2, -0.15) is 0 Å². The van der Waals surface area contributed by atoms with Crippen molar-refractivity contribution in [3.63, 3.8) is 0 Å². The molecule has 0 aromatic heterocycles. The maximum atomic E-state index is 13.4. The van der Waals surface area contributed by atoms with Crippen LogP contribution < -0.4 is 10.1 Å². The lowest BCUT2D eigenvalue weighted by atomic mass is 10.1. The van der Waals surface area contributed by atoms with E-state index in [1.807, 2.05) is 27.7 Å². The quantitative estimate of drug-likeness (QED) is 0.754. The lowest BCUT2D eigenvalue weighted by molar-refractivity contribution is -0.118. The Labute approximate surface area is 102 Å². The Hall–Kier alpha value is -1.58. The number of hydrogen-bond donors (Lipinski definition) is 1. The molecule has 1 aromatic carbocycles. The maximum Gasteiger partial charge on any atom is 0.262 e. The summed E-state index contributed by atoms with van der Waals surface area (Å²) in [6.45, 7) is 9.59. The van der Waals surface area contributed by atoms with Gasteiger partial charge >= 0.3 is 0 Å². The molecule has 1 aromatic rings. The van der Waals surface area contributed by atoms with Crippen molar-refractivity contribution in [2.75, 3.05) is 11.9 Å². The average molecular weight is 241 g/mol. The summed E-state index contributed by atoms with van der Waals surface area (Å²) in [5, 5.41) is 2.43. The molecular weight excluding hydrogens is 221 g/mol. The van der Waals surface area contributed by atoms with Crippen LogP contribution in [0, 0.1) is 12.7 Å². The van der Waals surface area contributed by atoms with Gasteiger partial charge in [-0.3, -0.25) is 4.79 Å². The number of nitrogens with one attached hydrogen (secondary N) is 1. The number of halogens is 1. The van der Waals surface area contributed by atoms with E-state index in [1.165, 1.54) is 0 Å². The Balaban J connectivity index is 0.000000581. The van der Waals surface area contributed by atoms with Gasteiger partial charge in [0, 0.05) is 0 Å². The smallest absolute Gasteiger partial charge is 0.262 e. The van der Waals surface area contributed by atoms with Gasteiger partial charge in [0.25, 0.3) is 5.91 Å². The Morgan fingerprint density at radius 3 is 2.41 bits per heavy atom. The van der Waals surface area contributed by atoms with Crippen molar-refractivity contribution in [3.8, 4) is 5.75 Å². The van der Waals surface area contributed by atoms with Gasteiger partial charge in [0.1, 0.15) is 11.4 Å². The summed E-state index contributed by atoms with van der Waals surface area (Å²) >= 11 is 0. The normalized spacial score (nSPS) is 11.8. The van der Waals surface area contributed by atoms with Crippen LogP contribution in [0.5, 0.6) is 5.75 Å². The van der Waals surface area contributed by atoms with Gasteiger partial charge in [-0.15, -0.1) is 0 Å². The minimum atomic E-state index is -0.425. The number of hydrogen-bond acceptors (Lipinski definition) is 2. The van der Waals surface area contributed by atoms with Crippen LogP contribution in [0.25, 0.3) is 0 Å². The van der Waals surface area contributed by atoms with Crippen LogP contribution in [-0.2, 0) is 4.79 Å². The predicted octanol–water partition coefficient (Wildman–Crippen LogP) is 3.52. The van der Waals surface area contributed by atoms with Crippen LogP contribution in [0.1, 0.15) is 33.3 Å². The number of benzene rings is 1. The molecule has 1 aliphatic heterocycles. The number of amides is 1. The second-order valence-electron chi connectivity index (χ2n) is 2.91. The first-order chi connectivity index (χ1) is 8.18. The molecule has 0 saturated carbocycles. The standard InChI is InChI=1S/C9H8FNO2.2C2H6/c1-5-2-3-6-9(8(5)10)11-7(12)4-13-6;2*1-2/h2-3H,4H2,1H3,(H,11,12);2*1-2H3. The summed E-state index contributed by atoms with van der Waals surface area (Å²) in [6.07, 6.45) is 0. The first-order valence-corrected chi connectivity index (χ1v) is 5.90. The molecule has 0 fully saturated rings. The van der Waals surface area contributed by atoms with E-state index in [-0.39, 0.29) is 18.2 Å². The first-order valence-electron chi connectivity index (χ1n) is 5.90. The molecule has 1 amide bonds. The molecule has 0 atom stereocenters. The van der Waals surface area contributed by atoms with Crippen molar-refractivity contribution in [1.29, 1.82) is 0 Å². The van der Waals surface area contributed by atoms with Gasteiger partial charge < -0.3 is 10.1 Å². The zero-order chi connectivity index (χ0) is 13.4. The van der Waals surface area contributed by atoms with Crippen molar-refractivity contribution in [3.05, 3.63) is 23.5 Å². The molecule has 1 aliphatic rings. The zero-order valence-electron chi connectivity index (χ0n) is 11.1. The van der Waals surface area contributed by atoms with Gasteiger partial charge in [0.2, 0.25) is 0 Å². The number of rotatable bonds is 0. The molecule has 1 N–H and O–H groups in total. The average Bonchev–Trinajstić information content (AvgIpc) is 2.39. The molecule has 0 spiro atoms. The highest BCUT2D eigenvalue weighted by atomic mass is 19.1. The Bertz CT molecular complexity index is 378. The minimum Gasteiger partial charge on any atom is -0.481 e. The molecule has 96 valence electrons. The molecule has 2 rings (SSSR count). The van der Waals surface area contributed by atoms with Crippen molar-refractivity contribution in [2.24, 2.45) is 0 Å². The van der Waals surface area contributed by atoms with Crippen molar-refractivity contribution < 1.29 is 13.9 Å². The van der Waals surface area contributed by atoms with E-state index in [0.717, 1.165) is 0 Å². The van der Waals surface area contributed by atoms with E-state index in [0.29, 0.717) is 11.3 Å². The third kappa shape index (κ3) is 3.73. The minimum absolute atomic E-state index is 0.0461. The molecule has 0 radical (unpaired) electrons. The summed E-state index contributed by atoms with van der Waals surface area (Å²) in [6, 6.07) is 3.26. The van der Waals surface area contributed by atoms with E-state index in [4.69, 9.17) is 4.74 Å². The molecule has 3 nitrogen and oxygen atoms in total. The van der Waals surface area contributed by atoms with Gasteiger partial charge in [-0.05, 0) is 18.6 Å². The van der Waals surface area contributed by atoms with Crippen LogP contribution in [0.4, 0.5) is 10.1 Å². The van der Waals surface area contributed by atoms with E-state index < -0.39 is 5.82 Å². The fourth-order valence-corrected chi connectivity index (χ4v) is 1.22. The van der Waals surface area contributed by atoms with Crippen molar-refractivity contribution >= 4 is 11.6 Å². The highest BCUT2D eigenvalue weighted by Crippen LogP contribution is 2.31. The lowest BCUT2D eigenvalue weighted by Gasteiger charge is -2.18. The number of aryl methyl sites for hydroxylation is 1. The number of carbonyl (C=O) groups is 1. The summed E-state index contributed by atoms with van der Waals surface area (Å²) in [5.74, 6) is -0.356. The Kier molecular flexibility index (Phi) is 6.94. The maximum absolute atomic E-state index is 13.4. The molecule has 0 saturated heterocycles. The highest BCUT2D eigenvalue weighted by molar-refractivity contribution is 5.95. The van der Waals surface area contributed by atoms with Gasteiger partial charge in [-0.1, -0.05) is 33.8 Å². The van der Waals surface area contributed by atoms with Crippen molar-refractivity contribution in [1.82, 2.24) is 0 Å². The summed E-state index contributed by atoms with van der Waals surface area (Å²) < 4.78 is 18.4. The summed E-state index contributed by atoms with van der Waals surface area (Å²) in [5.41, 5.74) is 0.640. The van der Waals surface area contributed by atoms with E-state index in [2.05, 4.69) is 5.32 Å². The second-order valence-corrected chi connectivity index (χ2v) is 2.91. The number of fused-ring (bicyclic) bond motifs is 1. The van der Waals surface area contributed by atoms with Crippen LogP contribution >= 0.6 is 0 Å². The number of anilines is 1. The van der Waals surface area contributed by atoms with Crippen molar-refractivity contribution in [2.45, 2.75) is 34.6 Å². The largest absolute Gasteiger partial charge is 0.481 e. The second kappa shape index (κ2) is 7.65. The molecule has 1 heterocycles. The van der Waals surface area contributed by atoms with Crippen LogP contribution in [0.2, 0.25) is 0 Å². The van der Waals surface area contributed by atoms with E-state index in [1.54, 1.807) is 19.1 Å². The van der Waals surface area contributed by atoms with E-state index in [9.17, 15) is 9.18 Å². The molecule has 17 heavy (non-hydrogen) atoms. The summed E-state index contributed by atoms with van der Waals surface area (Å²) in [7, 11) is 0. The topological polar surface area (TPSA) is 38.3 Å². The predicted molar refractivity (Wildman–Crippen MR) is 68.0 cm³/mol. The zero-order valence-corrected chi connectivity index (χ0v) is 11.1. The Morgan fingerprint density at radius 2 is 1.82 bits per heavy atom. The molecule has 4 heteroatoms.